The zero-order chi connectivity index (χ0) is 29.4. The van der Waals surface area contributed by atoms with Crippen LogP contribution in [0.3, 0.4) is 0 Å². The SMILES string of the molecule is CC=Nc1c(C)nc(NC2CCC(N)CC2)nc1NC/C(C)=C/C=C\C(C)n1cnc2c(NCCC)nc(C)nc21. The Morgan fingerprint density at radius 1 is 1.12 bits per heavy atom. The molecule has 1 aliphatic rings. The number of nitrogens with two attached hydrogens (primary N) is 1. The van der Waals surface area contributed by atoms with Crippen molar-refractivity contribution in [2.24, 2.45) is 10.7 Å². The minimum Gasteiger partial charge on any atom is -0.368 e. The first-order valence-corrected chi connectivity index (χ1v) is 14.7. The topological polar surface area (TPSA) is 144 Å². The lowest BCUT2D eigenvalue weighted by Crippen LogP contribution is -2.33. The molecule has 220 valence electrons. The zero-order valence-electron chi connectivity index (χ0n) is 25.3. The Morgan fingerprint density at radius 2 is 1.90 bits per heavy atom. The van der Waals surface area contributed by atoms with Crippen LogP contribution in [-0.4, -0.2) is 60.9 Å². The molecule has 1 saturated carbocycles. The van der Waals surface area contributed by atoms with E-state index < -0.39 is 0 Å². The van der Waals surface area contributed by atoms with E-state index in [4.69, 9.17) is 10.7 Å². The van der Waals surface area contributed by atoms with Crippen LogP contribution in [0.4, 0.5) is 23.3 Å². The fourth-order valence-electron chi connectivity index (χ4n) is 4.93. The molecule has 1 fully saturated rings. The number of imidazole rings is 1. The normalized spacial score (nSPS) is 18.9. The van der Waals surface area contributed by atoms with Gasteiger partial charge in [-0.15, -0.1) is 0 Å². The second-order valence-electron chi connectivity index (χ2n) is 10.8. The Labute approximate surface area is 243 Å². The summed E-state index contributed by atoms with van der Waals surface area (Å²) in [6.07, 6.45) is 15.1. The molecule has 0 radical (unpaired) electrons. The van der Waals surface area contributed by atoms with E-state index in [1.807, 2.05) is 27.1 Å². The molecule has 3 aromatic rings. The molecular formula is C30H45N11. The van der Waals surface area contributed by atoms with Crippen molar-refractivity contribution in [1.29, 1.82) is 0 Å². The van der Waals surface area contributed by atoms with E-state index in [1.54, 1.807) is 6.21 Å². The largest absolute Gasteiger partial charge is 0.368 e. The lowest BCUT2D eigenvalue weighted by atomic mass is 9.92. The van der Waals surface area contributed by atoms with Crippen LogP contribution < -0.4 is 21.7 Å². The Morgan fingerprint density at radius 3 is 2.63 bits per heavy atom. The maximum Gasteiger partial charge on any atom is 0.225 e. The number of fused-ring (bicyclic) bond motifs is 1. The van der Waals surface area contributed by atoms with Gasteiger partial charge in [-0.3, -0.25) is 4.99 Å². The summed E-state index contributed by atoms with van der Waals surface area (Å²) in [6.45, 7) is 13.6. The van der Waals surface area contributed by atoms with E-state index in [9.17, 15) is 0 Å². The lowest BCUT2D eigenvalue weighted by Gasteiger charge is -2.27. The second kappa shape index (κ2) is 14.2. The van der Waals surface area contributed by atoms with Gasteiger partial charge in [-0.1, -0.05) is 30.7 Å². The fourth-order valence-corrected chi connectivity index (χ4v) is 4.93. The van der Waals surface area contributed by atoms with Crippen LogP contribution in [0, 0.1) is 13.8 Å². The van der Waals surface area contributed by atoms with Gasteiger partial charge in [0.2, 0.25) is 5.95 Å². The van der Waals surface area contributed by atoms with E-state index in [2.05, 4.69) is 84.4 Å². The molecule has 0 saturated heterocycles. The highest BCUT2D eigenvalue weighted by Gasteiger charge is 2.20. The number of nitrogens with zero attached hydrogens (tertiary/aromatic N) is 7. The van der Waals surface area contributed by atoms with Gasteiger partial charge in [0.25, 0.3) is 0 Å². The van der Waals surface area contributed by atoms with Crippen molar-refractivity contribution in [2.75, 3.05) is 29.0 Å². The summed E-state index contributed by atoms with van der Waals surface area (Å²) in [7, 11) is 0. The number of nitrogens with one attached hydrogen (secondary N) is 3. The molecule has 0 bridgehead atoms. The van der Waals surface area contributed by atoms with Gasteiger partial charge < -0.3 is 26.3 Å². The molecule has 0 aromatic carbocycles. The van der Waals surface area contributed by atoms with Crippen molar-refractivity contribution < 1.29 is 0 Å². The summed E-state index contributed by atoms with van der Waals surface area (Å²) >= 11 is 0. The first-order valence-electron chi connectivity index (χ1n) is 14.7. The number of allylic oxidation sites excluding steroid dienone is 3. The van der Waals surface area contributed by atoms with E-state index in [0.29, 0.717) is 24.6 Å². The Bertz CT molecular complexity index is 1400. The summed E-state index contributed by atoms with van der Waals surface area (Å²) in [5.41, 5.74) is 10.5. The van der Waals surface area contributed by atoms with Crippen molar-refractivity contribution in [2.45, 2.75) is 91.8 Å². The molecule has 3 aromatic heterocycles. The molecule has 11 heteroatoms. The molecule has 0 spiro atoms. The molecule has 3 heterocycles. The summed E-state index contributed by atoms with van der Waals surface area (Å²) in [6, 6.07) is 0.723. The van der Waals surface area contributed by atoms with Gasteiger partial charge in [0.05, 0.1) is 18.1 Å². The highest BCUT2D eigenvalue weighted by Crippen LogP contribution is 2.29. The first-order chi connectivity index (χ1) is 19.8. The quantitative estimate of drug-likeness (QED) is 0.164. The van der Waals surface area contributed by atoms with Gasteiger partial charge in [-0.2, -0.15) is 4.98 Å². The maximum atomic E-state index is 6.08. The van der Waals surface area contributed by atoms with Gasteiger partial charge in [0, 0.05) is 31.4 Å². The molecule has 5 N–H and O–H groups in total. The summed E-state index contributed by atoms with van der Waals surface area (Å²) in [5.74, 6) is 2.88. The van der Waals surface area contributed by atoms with Crippen molar-refractivity contribution in [3.8, 4) is 0 Å². The Kier molecular flexibility index (Phi) is 10.4. The molecule has 0 amide bonds. The van der Waals surface area contributed by atoms with Gasteiger partial charge in [-0.25, -0.2) is 19.9 Å². The Balaban J connectivity index is 1.43. The number of anilines is 3. The standard InChI is InChI=1S/C30H45N11/c1-7-16-33-28-26-29(38-22(6)37-28)41(18-35-26)20(4)11-9-10-19(3)17-34-27-25(32-8-2)21(5)36-30(40-27)39-24-14-12-23(31)13-15-24/h8-11,18,20,23-24H,7,12-17,31H2,1-6H3,(H,33,37,38)(H2,34,36,39,40)/b11-9-,19-10+,32-8?. The number of aromatic nitrogens is 6. The molecular weight excluding hydrogens is 514 g/mol. The van der Waals surface area contributed by atoms with Crippen molar-refractivity contribution in [1.82, 2.24) is 29.5 Å². The predicted molar refractivity (Wildman–Crippen MR) is 169 cm³/mol. The Hall–Kier alpha value is -3.86. The molecule has 1 aliphatic carbocycles. The fraction of sp³-hybridized carbons (Fsp3) is 0.533. The minimum atomic E-state index is 0.0725. The molecule has 41 heavy (non-hydrogen) atoms. The molecule has 11 nitrogen and oxygen atoms in total. The highest BCUT2D eigenvalue weighted by molar-refractivity contribution is 5.83. The van der Waals surface area contributed by atoms with Gasteiger partial charge in [0.1, 0.15) is 17.0 Å². The highest BCUT2D eigenvalue weighted by atomic mass is 15.2. The van der Waals surface area contributed by atoms with Crippen molar-refractivity contribution in [3.63, 3.8) is 0 Å². The van der Waals surface area contributed by atoms with E-state index >= 15 is 0 Å². The van der Waals surface area contributed by atoms with E-state index in [-0.39, 0.29) is 6.04 Å². The number of hydrogen-bond donors (Lipinski definition) is 4. The number of rotatable bonds is 12. The molecule has 4 rings (SSSR count). The molecule has 1 unspecified atom stereocenters. The third-order valence-electron chi connectivity index (χ3n) is 7.24. The minimum absolute atomic E-state index is 0.0725. The van der Waals surface area contributed by atoms with Crippen LogP contribution in [0.15, 0.2) is 35.1 Å². The van der Waals surface area contributed by atoms with Crippen LogP contribution in [0.5, 0.6) is 0 Å². The van der Waals surface area contributed by atoms with Gasteiger partial charge in [-0.05, 0) is 66.7 Å². The summed E-state index contributed by atoms with van der Waals surface area (Å²) in [4.78, 5) is 27.8. The van der Waals surface area contributed by atoms with Crippen LogP contribution in [0.1, 0.15) is 77.4 Å². The van der Waals surface area contributed by atoms with Crippen molar-refractivity contribution >= 4 is 40.6 Å². The average molecular weight is 560 g/mol. The molecule has 0 aliphatic heterocycles. The maximum absolute atomic E-state index is 6.08. The molecule has 1 atom stereocenters. The predicted octanol–water partition coefficient (Wildman–Crippen LogP) is 5.63. The smallest absolute Gasteiger partial charge is 0.225 e. The van der Waals surface area contributed by atoms with Gasteiger partial charge in [0.15, 0.2) is 17.3 Å². The average Bonchev–Trinajstić information content (AvgIpc) is 3.37. The van der Waals surface area contributed by atoms with Crippen LogP contribution in [-0.2, 0) is 0 Å². The number of aryl methyl sites for hydroxylation is 2. The third-order valence-corrected chi connectivity index (χ3v) is 7.24. The summed E-state index contributed by atoms with van der Waals surface area (Å²) < 4.78 is 2.08. The lowest BCUT2D eigenvalue weighted by molar-refractivity contribution is 0.410. The van der Waals surface area contributed by atoms with Crippen LogP contribution in [0.2, 0.25) is 0 Å². The zero-order valence-corrected chi connectivity index (χ0v) is 25.3. The van der Waals surface area contributed by atoms with Gasteiger partial charge >= 0.3 is 0 Å². The second-order valence-corrected chi connectivity index (χ2v) is 10.8. The third kappa shape index (κ3) is 7.87. The monoisotopic (exact) mass is 559 g/mol. The van der Waals surface area contributed by atoms with E-state index in [0.717, 1.165) is 84.2 Å². The van der Waals surface area contributed by atoms with Crippen molar-refractivity contribution in [3.05, 3.63) is 41.6 Å². The van der Waals surface area contributed by atoms with Crippen LogP contribution in [0.25, 0.3) is 11.2 Å². The van der Waals surface area contributed by atoms with Crippen LogP contribution >= 0.6 is 0 Å². The number of aliphatic imine (C=N–C) groups is 1. The van der Waals surface area contributed by atoms with E-state index in [1.165, 1.54) is 0 Å². The first kappa shape index (κ1) is 30.1. The summed E-state index contributed by atoms with van der Waals surface area (Å²) in [5, 5.41) is 10.4. The number of hydrogen-bond acceptors (Lipinski definition) is 10.